The second kappa shape index (κ2) is 7.11. The van der Waals surface area contributed by atoms with Crippen molar-refractivity contribution in [1.82, 2.24) is 0 Å². The fourth-order valence-electron chi connectivity index (χ4n) is 4.02. The maximum Gasteiger partial charge on any atom is 0.213 e. The van der Waals surface area contributed by atoms with Crippen LogP contribution in [0.5, 0.6) is 28.7 Å². The van der Waals surface area contributed by atoms with E-state index in [1.807, 2.05) is 18.2 Å². The highest BCUT2D eigenvalue weighted by Gasteiger charge is 2.31. The normalized spacial score (nSPS) is 12.2. The molecule has 1 aromatic heterocycles. The highest BCUT2D eigenvalue weighted by Crippen LogP contribution is 2.46. The molecule has 0 saturated carbocycles. The summed E-state index contributed by atoms with van der Waals surface area (Å²) >= 11 is 0. The van der Waals surface area contributed by atoms with Gasteiger partial charge < -0.3 is 23.7 Å². The van der Waals surface area contributed by atoms with E-state index >= 15 is 0 Å². The Bertz CT molecular complexity index is 1060. The maximum atomic E-state index is 5.70. The minimum Gasteiger partial charge on any atom is -0.493 e. The predicted molar refractivity (Wildman–Crippen MR) is 106 cm³/mol. The Morgan fingerprint density at radius 3 is 2.11 bits per heavy atom. The van der Waals surface area contributed by atoms with Gasteiger partial charge >= 0.3 is 0 Å². The van der Waals surface area contributed by atoms with Gasteiger partial charge in [0, 0.05) is 18.1 Å². The molecule has 4 rings (SSSR count). The minimum absolute atomic E-state index is 0.629. The summed E-state index contributed by atoms with van der Waals surface area (Å²) in [6.07, 6.45) is 2.95. The van der Waals surface area contributed by atoms with E-state index in [0.717, 1.165) is 57.8 Å². The Kier molecular flexibility index (Phi) is 4.63. The Morgan fingerprint density at radius 1 is 0.750 bits per heavy atom. The number of fused-ring (bicyclic) bond motifs is 4. The van der Waals surface area contributed by atoms with Crippen molar-refractivity contribution in [3.63, 3.8) is 0 Å². The maximum absolute atomic E-state index is 5.70. The molecular weight excluding hydrogens is 358 g/mol. The van der Waals surface area contributed by atoms with E-state index in [-0.39, 0.29) is 0 Å². The molecule has 0 spiro atoms. The van der Waals surface area contributed by atoms with E-state index in [0.29, 0.717) is 11.5 Å². The number of pyridine rings is 1. The first-order chi connectivity index (χ1) is 13.7. The van der Waals surface area contributed by atoms with E-state index in [1.165, 1.54) is 0 Å². The molecule has 1 aliphatic heterocycles. The van der Waals surface area contributed by atoms with Crippen molar-refractivity contribution in [3.8, 4) is 40.0 Å². The molecule has 6 heteroatoms. The van der Waals surface area contributed by atoms with Crippen LogP contribution in [0.2, 0.25) is 0 Å². The lowest BCUT2D eigenvalue weighted by Crippen LogP contribution is -2.40. The fourth-order valence-corrected chi connectivity index (χ4v) is 4.02. The molecule has 0 atom stereocenters. The second-order valence-electron chi connectivity index (χ2n) is 6.58. The molecule has 0 bridgehead atoms. The van der Waals surface area contributed by atoms with Crippen LogP contribution in [-0.4, -0.2) is 35.5 Å². The number of nitrogens with zero attached hydrogens (tertiary/aromatic N) is 1. The van der Waals surface area contributed by atoms with E-state index < -0.39 is 0 Å². The fraction of sp³-hybridized carbons (Fsp3) is 0.318. The molecule has 0 aliphatic carbocycles. The summed E-state index contributed by atoms with van der Waals surface area (Å²) in [5.74, 6) is 3.48. The van der Waals surface area contributed by atoms with Gasteiger partial charge in [-0.15, -0.1) is 0 Å². The van der Waals surface area contributed by atoms with Crippen LogP contribution < -0.4 is 28.3 Å². The zero-order valence-electron chi connectivity index (χ0n) is 16.8. The number of aryl methyl sites for hydroxylation is 1. The molecule has 0 N–H and O–H groups in total. The molecule has 28 heavy (non-hydrogen) atoms. The molecule has 0 radical (unpaired) electrons. The molecule has 2 aromatic carbocycles. The Balaban J connectivity index is 2.00. The van der Waals surface area contributed by atoms with Crippen molar-refractivity contribution in [2.24, 2.45) is 0 Å². The average Bonchev–Trinajstić information content (AvgIpc) is 2.74. The summed E-state index contributed by atoms with van der Waals surface area (Å²) in [7, 11) is 8.25. The van der Waals surface area contributed by atoms with Crippen molar-refractivity contribution in [2.75, 3.05) is 35.5 Å². The van der Waals surface area contributed by atoms with Crippen LogP contribution in [0.1, 0.15) is 5.56 Å². The molecule has 6 nitrogen and oxygen atoms in total. The van der Waals surface area contributed by atoms with Crippen molar-refractivity contribution in [3.05, 3.63) is 36.0 Å². The molecule has 2 heterocycles. The Labute approximate surface area is 164 Å². The summed E-state index contributed by atoms with van der Waals surface area (Å²) < 4.78 is 30.1. The zero-order chi connectivity index (χ0) is 19.8. The Hall–Kier alpha value is -3.15. The quantitative estimate of drug-likeness (QED) is 0.633. The smallest absolute Gasteiger partial charge is 0.213 e. The molecule has 0 saturated heterocycles. The lowest BCUT2D eigenvalue weighted by molar-refractivity contribution is -0.686. The third kappa shape index (κ3) is 2.59. The van der Waals surface area contributed by atoms with Crippen molar-refractivity contribution in [2.45, 2.75) is 13.0 Å². The molecule has 0 fully saturated rings. The number of hydrogen-bond donors (Lipinski definition) is 0. The van der Waals surface area contributed by atoms with Gasteiger partial charge in [-0.25, -0.2) is 0 Å². The molecule has 146 valence electrons. The summed E-state index contributed by atoms with van der Waals surface area (Å²) in [4.78, 5) is 0. The van der Waals surface area contributed by atoms with Crippen LogP contribution in [0.25, 0.3) is 22.0 Å². The van der Waals surface area contributed by atoms with Gasteiger partial charge in [-0.3, -0.25) is 0 Å². The van der Waals surface area contributed by atoms with Gasteiger partial charge in [0.2, 0.25) is 11.4 Å². The number of methoxy groups -OCH3 is 5. The summed E-state index contributed by atoms with van der Waals surface area (Å²) in [6, 6.07) is 8.16. The van der Waals surface area contributed by atoms with E-state index in [2.05, 4.69) is 16.8 Å². The van der Waals surface area contributed by atoms with E-state index in [4.69, 9.17) is 23.7 Å². The highest BCUT2D eigenvalue weighted by molar-refractivity contribution is 5.92. The summed E-state index contributed by atoms with van der Waals surface area (Å²) in [5.41, 5.74) is 3.30. The van der Waals surface area contributed by atoms with Crippen molar-refractivity contribution in [1.29, 1.82) is 0 Å². The van der Waals surface area contributed by atoms with Gasteiger partial charge in [0.25, 0.3) is 0 Å². The van der Waals surface area contributed by atoms with E-state index in [1.54, 1.807) is 35.5 Å². The first-order valence-corrected chi connectivity index (χ1v) is 9.07. The summed E-state index contributed by atoms with van der Waals surface area (Å²) in [6.45, 7) is 0.824. The predicted octanol–water partition coefficient (Wildman–Crippen LogP) is 3.39. The molecule has 0 unspecified atom stereocenters. The average molecular weight is 382 g/mol. The molecular formula is C22H24NO5+. The van der Waals surface area contributed by atoms with Crippen molar-refractivity contribution < 1.29 is 28.3 Å². The highest BCUT2D eigenvalue weighted by atomic mass is 16.5. The third-order valence-electron chi connectivity index (χ3n) is 5.32. The number of aromatic nitrogens is 1. The van der Waals surface area contributed by atoms with Gasteiger partial charge in [-0.2, -0.15) is 4.57 Å². The first-order valence-electron chi connectivity index (χ1n) is 9.07. The van der Waals surface area contributed by atoms with Gasteiger partial charge in [0.05, 0.1) is 46.5 Å². The van der Waals surface area contributed by atoms with Gasteiger partial charge in [0.1, 0.15) is 0 Å². The topological polar surface area (TPSA) is 50.0 Å². The molecule has 1 aliphatic rings. The van der Waals surface area contributed by atoms with Crippen LogP contribution in [0.15, 0.2) is 30.5 Å². The standard InChI is InChI=1S/C22H24NO5/c1-24-18-7-6-13-10-17-15-11-19(25-2)22(28-5)21(27-4)14(15)8-9-23(17)12-16(13)20(18)26-3/h6-7,10-12H,8-9H2,1-5H3/q+1. The SMILES string of the molecule is COc1cc2c(c(OC)c1OC)CC[n+]1cc3c(OC)c(OC)ccc3cc1-2. The third-order valence-corrected chi connectivity index (χ3v) is 5.32. The number of hydrogen-bond acceptors (Lipinski definition) is 5. The van der Waals surface area contributed by atoms with Gasteiger partial charge in [-0.1, -0.05) is 0 Å². The summed E-state index contributed by atoms with van der Waals surface area (Å²) in [5, 5.41) is 2.09. The molecule has 0 amide bonds. The van der Waals surface area contributed by atoms with Crippen molar-refractivity contribution >= 4 is 10.8 Å². The number of benzene rings is 2. The van der Waals surface area contributed by atoms with Gasteiger partial charge in [-0.05, 0) is 23.6 Å². The van der Waals surface area contributed by atoms with E-state index in [9.17, 15) is 0 Å². The first kappa shape index (κ1) is 18.2. The monoisotopic (exact) mass is 382 g/mol. The van der Waals surface area contributed by atoms with Crippen LogP contribution in [0.3, 0.4) is 0 Å². The second-order valence-corrected chi connectivity index (χ2v) is 6.58. The lowest BCUT2D eigenvalue weighted by Gasteiger charge is -2.22. The minimum atomic E-state index is 0.629. The number of ether oxygens (including phenoxy) is 5. The molecule has 3 aromatic rings. The lowest BCUT2D eigenvalue weighted by atomic mass is 9.94. The van der Waals surface area contributed by atoms with Crippen LogP contribution in [0.4, 0.5) is 0 Å². The van der Waals surface area contributed by atoms with Gasteiger partial charge in [0.15, 0.2) is 35.7 Å². The van der Waals surface area contributed by atoms with Crippen LogP contribution in [-0.2, 0) is 13.0 Å². The Morgan fingerprint density at radius 2 is 1.46 bits per heavy atom. The number of rotatable bonds is 5. The van der Waals surface area contributed by atoms with Crippen LogP contribution in [0, 0.1) is 0 Å². The zero-order valence-corrected chi connectivity index (χ0v) is 16.8. The largest absolute Gasteiger partial charge is 0.493 e. The van der Waals surface area contributed by atoms with Crippen LogP contribution >= 0.6 is 0 Å².